The van der Waals surface area contributed by atoms with Gasteiger partial charge in [0, 0.05) is 114 Å². The molecule has 0 unspecified atom stereocenters. The first kappa shape index (κ1) is 51.0. The second kappa shape index (κ2) is 19.9. The minimum Gasteiger partial charge on any atom is -0.384 e. The van der Waals surface area contributed by atoms with Gasteiger partial charge in [-0.25, -0.2) is 35.6 Å². The third-order valence-corrected chi connectivity index (χ3v) is 20.0. The Bertz CT molecular complexity index is 3830. The summed E-state index contributed by atoms with van der Waals surface area (Å²) in [6.07, 6.45) is 3.42. The number of nitrogens with one attached hydrogen (secondary N) is 1. The molecule has 396 valence electrons. The molecule has 4 aromatic carbocycles. The molecular formula is C58H55ClF2N8O6S2. The second-order valence-corrected chi connectivity index (χ2v) is 25.3. The van der Waals surface area contributed by atoms with Gasteiger partial charge in [-0.1, -0.05) is 35.9 Å². The van der Waals surface area contributed by atoms with Gasteiger partial charge in [-0.15, -0.1) is 0 Å². The Morgan fingerprint density at radius 3 is 1.68 bits per heavy atom. The lowest BCUT2D eigenvalue weighted by molar-refractivity contribution is 0.122. The third-order valence-electron chi connectivity index (χ3n) is 15.6. The van der Waals surface area contributed by atoms with E-state index in [-0.39, 0.29) is 40.1 Å². The number of pyridine rings is 4. The van der Waals surface area contributed by atoms with Gasteiger partial charge in [0.1, 0.15) is 11.6 Å². The first-order chi connectivity index (χ1) is 37.1. The number of anilines is 5. The molecule has 0 radical (unpaired) electrons. The predicted octanol–water partition coefficient (Wildman–Crippen LogP) is 9.41. The number of hydrogen-bond donors (Lipinski definition) is 1. The highest BCUT2D eigenvalue weighted by Crippen LogP contribution is 2.54. The van der Waals surface area contributed by atoms with Crippen molar-refractivity contribution < 1.29 is 35.1 Å². The fourth-order valence-electron chi connectivity index (χ4n) is 12.0. The van der Waals surface area contributed by atoms with Gasteiger partial charge in [-0.2, -0.15) is 0 Å². The highest BCUT2D eigenvalue weighted by atomic mass is 35.5. The Kier molecular flexibility index (Phi) is 13.2. The third kappa shape index (κ3) is 9.61. The summed E-state index contributed by atoms with van der Waals surface area (Å²) in [6, 6.07) is 33.1. The van der Waals surface area contributed by atoms with Crippen molar-refractivity contribution in [3.8, 4) is 22.8 Å². The van der Waals surface area contributed by atoms with Crippen LogP contribution < -0.4 is 20.0 Å². The fourth-order valence-corrected chi connectivity index (χ4v) is 16.4. The smallest absolute Gasteiger partial charge is 0.152 e. The summed E-state index contributed by atoms with van der Waals surface area (Å²) in [5, 5.41) is 5.55. The molecule has 0 saturated carbocycles. The molecule has 0 aliphatic carbocycles. The summed E-state index contributed by atoms with van der Waals surface area (Å²) in [5.41, 5.74) is 12.5. The molecule has 4 saturated heterocycles. The summed E-state index contributed by atoms with van der Waals surface area (Å²) in [5.74, 6) is 0.152. The van der Waals surface area contributed by atoms with Crippen molar-refractivity contribution in [2.75, 3.05) is 109 Å². The minimum atomic E-state index is -3.09. The summed E-state index contributed by atoms with van der Waals surface area (Å²) in [7, 11) is -5.90. The number of benzene rings is 4. The molecule has 4 aromatic heterocycles. The first-order valence-electron chi connectivity index (χ1n) is 25.6. The largest absolute Gasteiger partial charge is 0.384 e. The molecule has 4 fully saturated rings. The predicted molar refractivity (Wildman–Crippen MR) is 299 cm³/mol. The van der Waals surface area contributed by atoms with Gasteiger partial charge in [0.2, 0.25) is 0 Å². The lowest BCUT2D eigenvalue weighted by Crippen LogP contribution is -2.54. The number of fused-ring (bicyclic) bond motifs is 6. The van der Waals surface area contributed by atoms with Crippen LogP contribution in [0.4, 0.5) is 37.2 Å². The highest BCUT2D eigenvalue weighted by molar-refractivity contribution is 7.93. The number of sulfone groups is 2. The molecule has 14 nitrogen and oxygen atoms in total. The number of morpholine rings is 2. The Labute approximate surface area is 450 Å². The van der Waals surface area contributed by atoms with Crippen LogP contribution in [-0.4, -0.2) is 125 Å². The molecule has 77 heavy (non-hydrogen) atoms. The lowest BCUT2D eigenvalue weighted by Gasteiger charge is -2.38. The van der Waals surface area contributed by atoms with Crippen LogP contribution in [0.2, 0.25) is 5.02 Å². The van der Waals surface area contributed by atoms with Gasteiger partial charge in [-0.05, 0) is 103 Å². The number of halogens is 3. The molecule has 0 bridgehead atoms. The van der Waals surface area contributed by atoms with E-state index in [2.05, 4.69) is 71.4 Å². The molecule has 8 aromatic rings. The Morgan fingerprint density at radius 2 is 1.12 bits per heavy atom. The summed E-state index contributed by atoms with van der Waals surface area (Å²) >= 11 is 6.34. The van der Waals surface area contributed by atoms with Gasteiger partial charge in [0.15, 0.2) is 19.7 Å². The van der Waals surface area contributed by atoms with Crippen LogP contribution in [0.3, 0.4) is 0 Å². The molecule has 0 atom stereocenters. The summed E-state index contributed by atoms with van der Waals surface area (Å²) < 4.78 is 86.6. The zero-order valence-corrected chi connectivity index (χ0v) is 44.9. The number of aromatic nitrogens is 4. The maximum absolute atomic E-state index is 14.4. The van der Waals surface area contributed by atoms with Crippen molar-refractivity contribution >= 4 is 81.5 Å². The van der Waals surface area contributed by atoms with Gasteiger partial charge < -0.3 is 29.5 Å². The van der Waals surface area contributed by atoms with Gasteiger partial charge in [-0.3, -0.25) is 9.97 Å². The van der Waals surface area contributed by atoms with Crippen LogP contribution >= 0.6 is 11.6 Å². The van der Waals surface area contributed by atoms with E-state index < -0.39 is 25.1 Å². The molecule has 14 rings (SSSR count). The van der Waals surface area contributed by atoms with Crippen molar-refractivity contribution in [2.24, 2.45) is 0 Å². The van der Waals surface area contributed by atoms with Crippen LogP contribution in [0, 0.1) is 25.5 Å². The second-order valence-electron chi connectivity index (χ2n) is 20.8. The van der Waals surface area contributed by atoms with Crippen molar-refractivity contribution in [2.45, 2.75) is 24.7 Å². The SMILES string of the molecule is Cc1c(-c2ccccn2)nc2cc(F)ccc2c1Cl.Cc1c(-c2ccccn2)nc2cc(F)ccc2c1N1CC2(CS(=O)(=O)C2)c2ccc(N3CCOCC3)cc21.O=S1(=O)CC2(CNc3cc(N4CCOCC4)ccc32)C1. The average molecular weight is 1100 g/mol. The Balaban J connectivity index is 0.000000128. The number of ether oxygens (including phenoxy) is 2. The van der Waals surface area contributed by atoms with Crippen LogP contribution in [0.5, 0.6) is 0 Å². The zero-order valence-electron chi connectivity index (χ0n) is 42.5. The van der Waals surface area contributed by atoms with Crippen LogP contribution in [0.25, 0.3) is 44.6 Å². The standard InChI is InChI=1S/C29H27FN4O3S.C15H10ClFN2.C14H18N2O3S/c1-19-27(24-4-2-3-9-31-24)32-25-14-20(30)5-7-22(25)28(19)34-16-29(17-38(35,36)18-29)23-8-6-21(15-26(23)34)33-10-12-37-13-11-33;1-9-14(16)11-6-5-10(17)8-13(11)19-15(9)12-4-2-3-7-18-12;17-20(18)9-14(10-20)8-15-13-7-11(1-2-12(13)14)16-3-5-19-6-4-16/h2-9,14-15H,10-13,16-18H2,1H3;2-8H,1H3;1-2,7,15H,3-6,8-10H2. The van der Waals surface area contributed by atoms with E-state index in [1.54, 1.807) is 24.5 Å². The Hall–Kier alpha value is -6.83. The van der Waals surface area contributed by atoms with E-state index in [4.69, 9.17) is 26.1 Å². The molecule has 2 spiro atoms. The molecule has 1 N–H and O–H groups in total. The summed E-state index contributed by atoms with van der Waals surface area (Å²) in [4.78, 5) is 25.0. The number of hydrogen-bond acceptors (Lipinski definition) is 14. The topological polar surface area (TPSA) is 160 Å². The highest BCUT2D eigenvalue weighted by Gasteiger charge is 2.56. The van der Waals surface area contributed by atoms with Crippen molar-refractivity contribution in [3.63, 3.8) is 0 Å². The molecule has 10 heterocycles. The number of nitrogens with zero attached hydrogens (tertiary/aromatic N) is 7. The van der Waals surface area contributed by atoms with E-state index >= 15 is 0 Å². The van der Waals surface area contributed by atoms with E-state index in [0.29, 0.717) is 52.9 Å². The van der Waals surface area contributed by atoms with E-state index in [0.717, 1.165) is 102 Å². The molecule has 19 heteroatoms. The molecular weight excluding hydrogens is 1040 g/mol. The quantitative estimate of drug-likeness (QED) is 0.174. The zero-order chi connectivity index (χ0) is 53.3. The lowest BCUT2D eigenvalue weighted by atomic mass is 9.85. The average Bonchev–Trinajstić information content (AvgIpc) is 4.04. The minimum absolute atomic E-state index is 0.129. The fraction of sp³-hybridized carbons (Fsp3) is 0.310. The maximum atomic E-state index is 14.4. The van der Waals surface area contributed by atoms with E-state index in [1.807, 2.05) is 50.2 Å². The molecule has 0 amide bonds. The van der Waals surface area contributed by atoms with Gasteiger partial charge >= 0.3 is 0 Å². The van der Waals surface area contributed by atoms with E-state index in [9.17, 15) is 25.6 Å². The van der Waals surface area contributed by atoms with Crippen LogP contribution in [0.15, 0.2) is 122 Å². The monoisotopic (exact) mass is 1100 g/mol. The van der Waals surface area contributed by atoms with Gasteiger partial charge in [0.25, 0.3) is 0 Å². The van der Waals surface area contributed by atoms with Crippen molar-refractivity contribution in [3.05, 3.63) is 160 Å². The normalized spacial score (nSPS) is 19.1. The maximum Gasteiger partial charge on any atom is 0.152 e. The summed E-state index contributed by atoms with van der Waals surface area (Å²) in [6.45, 7) is 11.5. The Morgan fingerprint density at radius 1 is 0.597 bits per heavy atom. The van der Waals surface area contributed by atoms with Crippen LogP contribution in [-0.2, 0) is 40.0 Å². The van der Waals surface area contributed by atoms with Gasteiger partial charge in [0.05, 0.1) is 94.0 Å². The van der Waals surface area contributed by atoms with Crippen molar-refractivity contribution in [1.82, 2.24) is 19.9 Å². The first-order valence-corrected chi connectivity index (χ1v) is 29.7. The van der Waals surface area contributed by atoms with E-state index in [1.165, 1.54) is 35.5 Å². The van der Waals surface area contributed by atoms with Crippen LogP contribution in [0.1, 0.15) is 22.3 Å². The van der Waals surface area contributed by atoms with Crippen molar-refractivity contribution in [1.29, 1.82) is 0 Å². The number of rotatable bonds is 5. The molecule has 6 aliphatic rings. The molecule has 6 aliphatic heterocycles.